The molecule has 15 heteroatoms. The molecule has 15 nitrogen and oxygen atoms in total. The van der Waals surface area contributed by atoms with Gasteiger partial charge in [-0.15, -0.1) is 0 Å². The SMILES string of the molecule is C.CC1CNCCO1.CN1CCOCC1.Cc1ccccn1.Cc1ccncn1.Cc1ccnnc1.Cc1cncnc1.Cc1ncccn1.Cc1nn(C)c(C)c1C. The molecule has 1 unspecified atom stereocenters. The van der Waals surface area contributed by atoms with E-state index in [-0.39, 0.29) is 7.43 Å². The van der Waals surface area contributed by atoms with E-state index in [4.69, 9.17) is 9.47 Å². The van der Waals surface area contributed by atoms with E-state index in [0.717, 1.165) is 80.0 Å². The minimum absolute atomic E-state index is 0. The summed E-state index contributed by atoms with van der Waals surface area (Å²) in [6.45, 7) is 24.9. The van der Waals surface area contributed by atoms with Gasteiger partial charge < -0.3 is 19.7 Å². The number of aryl methyl sites for hydroxylation is 7. The largest absolute Gasteiger partial charge is 0.379 e. The van der Waals surface area contributed by atoms with Gasteiger partial charge in [-0.3, -0.25) is 9.67 Å². The highest BCUT2D eigenvalue weighted by molar-refractivity contribution is 5.21. The summed E-state index contributed by atoms with van der Waals surface area (Å²) < 4.78 is 12.2. The molecule has 0 bridgehead atoms. The van der Waals surface area contributed by atoms with E-state index in [0.29, 0.717) is 6.10 Å². The predicted octanol–water partition coefficient (Wildman–Crippen LogP) is 6.45. The second-order valence-corrected chi connectivity index (χ2v) is 13.2. The van der Waals surface area contributed by atoms with Gasteiger partial charge in [-0.05, 0) is 116 Å². The van der Waals surface area contributed by atoms with E-state index in [1.54, 1.807) is 55.6 Å². The highest BCUT2D eigenvalue weighted by atomic mass is 16.5. The molecule has 1 N–H and O–H groups in total. The molecule has 2 aliphatic rings. The van der Waals surface area contributed by atoms with Crippen LogP contribution in [0.2, 0.25) is 0 Å². The van der Waals surface area contributed by atoms with Gasteiger partial charge in [0.05, 0.1) is 37.8 Å². The van der Waals surface area contributed by atoms with Gasteiger partial charge in [0.15, 0.2) is 0 Å². The Bertz CT molecular complexity index is 1540. The highest BCUT2D eigenvalue weighted by Crippen LogP contribution is 2.08. The quantitative estimate of drug-likeness (QED) is 0.178. The summed E-state index contributed by atoms with van der Waals surface area (Å²) in [7, 11) is 4.08. The van der Waals surface area contributed by atoms with Gasteiger partial charge in [0.25, 0.3) is 0 Å². The molecule has 2 fully saturated rings. The second-order valence-electron chi connectivity index (χ2n) is 13.2. The molecule has 59 heavy (non-hydrogen) atoms. The zero-order valence-corrected chi connectivity index (χ0v) is 36.4. The third-order valence-electron chi connectivity index (χ3n) is 7.88. The zero-order chi connectivity index (χ0) is 42.8. The Morgan fingerprint density at radius 1 is 0.644 bits per heavy atom. The van der Waals surface area contributed by atoms with Crippen molar-refractivity contribution in [1.82, 2.24) is 65.1 Å². The molecule has 2 saturated heterocycles. The number of ether oxygens (including phenoxy) is 2. The monoisotopic (exact) mass is 812 g/mol. The number of morpholine rings is 2. The second kappa shape index (κ2) is 34.6. The smallest absolute Gasteiger partial charge is 0.125 e. The molecule has 6 aromatic rings. The van der Waals surface area contributed by atoms with Crippen molar-refractivity contribution in [2.75, 3.05) is 53.0 Å². The number of rotatable bonds is 0. The Balaban J connectivity index is 0.000000651. The first-order valence-electron chi connectivity index (χ1n) is 19.2. The van der Waals surface area contributed by atoms with Crippen LogP contribution >= 0.6 is 0 Å². The first-order valence-corrected chi connectivity index (χ1v) is 19.2. The van der Waals surface area contributed by atoms with Crippen LogP contribution in [-0.2, 0) is 16.5 Å². The number of aromatic nitrogens is 11. The number of likely N-dealkylation sites (N-methyl/N-ethyl adjacent to an activating group) is 1. The first-order chi connectivity index (χ1) is 27.9. The molecule has 0 radical (unpaired) electrons. The maximum absolute atomic E-state index is 5.22. The average Bonchev–Trinajstić information content (AvgIpc) is 3.46. The van der Waals surface area contributed by atoms with Gasteiger partial charge in [0.2, 0.25) is 0 Å². The van der Waals surface area contributed by atoms with Gasteiger partial charge >= 0.3 is 0 Å². The standard InChI is InChI=1S/C7H12N2.C6H7N.4C5H6N2.2C5H11NO.CH4/c1-5-6(2)8-9(4)7(5)3;1-6-4-2-3-5-7-6;1-5-2-6-4-7-3-5;1-5-2-3-6-4-7-5;1-5-2-3-6-7-4-5;1-5-6-3-2-4-7-5;1-6-2-4-7-5-3-6;1-5-4-6-2-3-7-5;/h1-4H3;2-5H,1H3;4*2-4H,1H3;2-5H2,1H3;5-6H,2-4H2,1H3;1H4. The van der Waals surface area contributed by atoms with Crippen LogP contribution in [0.15, 0.2) is 98.6 Å². The Kier molecular flexibility index (Phi) is 31.3. The van der Waals surface area contributed by atoms with Crippen molar-refractivity contribution < 1.29 is 9.47 Å². The maximum atomic E-state index is 5.22. The molecule has 322 valence electrons. The van der Waals surface area contributed by atoms with Crippen molar-refractivity contribution in [2.45, 2.75) is 75.8 Å². The Hall–Kier alpha value is -5.48. The molecular weight excluding hydrogens is 743 g/mol. The predicted molar refractivity (Wildman–Crippen MR) is 237 cm³/mol. The van der Waals surface area contributed by atoms with E-state index >= 15 is 0 Å². The van der Waals surface area contributed by atoms with Crippen LogP contribution in [0.5, 0.6) is 0 Å². The summed E-state index contributed by atoms with van der Waals surface area (Å²) >= 11 is 0. The van der Waals surface area contributed by atoms with Crippen LogP contribution in [0.4, 0.5) is 0 Å². The summed E-state index contributed by atoms with van der Waals surface area (Å²) in [5.41, 5.74) is 8.02. The third kappa shape index (κ3) is 30.3. The Morgan fingerprint density at radius 2 is 1.31 bits per heavy atom. The summed E-state index contributed by atoms with van der Waals surface area (Å²) in [4.78, 5) is 29.1. The van der Waals surface area contributed by atoms with Crippen molar-refractivity contribution >= 4 is 0 Å². The Labute approximate surface area is 353 Å². The lowest BCUT2D eigenvalue weighted by atomic mass is 10.2. The fourth-order valence-electron chi connectivity index (χ4n) is 4.14. The number of nitrogens with zero attached hydrogens (tertiary/aromatic N) is 12. The van der Waals surface area contributed by atoms with E-state index in [9.17, 15) is 0 Å². The van der Waals surface area contributed by atoms with Crippen LogP contribution in [0, 0.1) is 55.4 Å². The van der Waals surface area contributed by atoms with Gasteiger partial charge in [-0.1, -0.05) is 13.5 Å². The van der Waals surface area contributed by atoms with E-state index in [2.05, 4.69) is 88.2 Å². The number of hydrogen-bond donors (Lipinski definition) is 1. The molecule has 0 aromatic carbocycles. The van der Waals surface area contributed by atoms with E-state index in [1.807, 2.05) is 83.6 Å². The fourth-order valence-corrected chi connectivity index (χ4v) is 4.14. The molecule has 2 aliphatic heterocycles. The first kappa shape index (κ1) is 53.5. The lowest BCUT2D eigenvalue weighted by Gasteiger charge is -2.21. The summed E-state index contributed by atoms with van der Waals surface area (Å²) in [5.74, 6) is 0.822. The summed E-state index contributed by atoms with van der Waals surface area (Å²) in [6.07, 6.45) is 17.4. The Morgan fingerprint density at radius 3 is 1.56 bits per heavy atom. The lowest BCUT2D eigenvalue weighted by Crippen LogP contribution is -2.36. The molecule has 8 heterocycles. The van der Waals surface area contributed by atoms with Crippen LogP contribution < -0.4 is 5.32 Å². The molecule has 0 amide bonds. The summed E-state index contributed by atoms with van der Waals surface area (Å²) in [5, 5.41) is 14.7. The normalized spacial score (nSPS) is 13.6. The van der Waals surface area contributed by atoms with E-state index in [1.165, 1.54) is 23.9 Å². The average molecular weight is 812 g/mol. The van der Waals surface area contributed by atoms with Crippen molar-refractivity contribution in [3.63, 3.8) is 0 Å². The maximum Gasteiger partial charge on any atom is 0.125 e. The molecule has 1 atom stereocenters. The van der Waals surface area contributed by atoms with Crippen molar-refractivity contribution in [2.24, 2.45) is 7.05 Å². The fraction of sp³-hybridized carbons (Fsp3) is 0.455. The van der Waals surface area contributed by atoms with Crippen LogP contribution in [0.25, 0.3) is 0 Å². The van der Waals surface area contributed by atoms with Gasteiger partial charge in [-0.25, -0.2) is 29.9 Å². The molecule has 8 rings (SSSR count). The highest BCUT2D eigenvalue weighted by Gasteiger charge is 2.05. The van der Waals surface area contributed by atoms with Crippen LogP contribution in [-0.4, -0.2) is 119 Å². The molecule has 0 aliphatic carbocycles. The van der Waals surface area contributed by atoms with Crippen LogP contribution in [0.3, 0.4) is 0 Å². The zero-order valence-electron chi connectivity index (χ0n) is 36.4. The number of nitrogens with one attached hydrogen (secondary N) is 1. The van der Waals surface area contributed by atoms with Gasteiger partial charge in [0, 0.05) is 93.7 Å². The molecular formula is C44H69N13O2. The van der Waals surface area contributed by atoms with Crippen molar-refractivity contribution in [1.29, 1.82) is 0 Å². The number of hydrogen-bond acceptors (Lipinski definition) is 14. The van der Waals surface area contributed by atoms with Crippen LogP contribution in [0.1, 0.15) is 59.6 Å². The van der Waals surface area contributed by atoms with Gasteiger partial charge in [-0.2, -0.15) is 15.3 Å². The van der Waals surface area contributed by atoms with Gasteiger partial charge in [0.1, 0.15) is 18.5 Å². The summed E-state index contributed by atoms with van der Waals surface area (Å²) in [6, 6.07) is 11.4. The third-order valence-corrected chi connectivity index (χ3v) is 7.88. The topological polar surface area (TPSA) is 168 Å². The minimum atomic E-state index is 0. The minimum Gasteiger partial charge on any atom is -0.379 e. The molecule has 0 saturated carbocycles. The molecule has 6 aromatic heterocycles. The lowest BCUT2D eigenvalue weighted by molar-refractivity contribution is 0.0410. The molecule has 0 spiro atoms. The van der Waals surface area contributed by atoms with Crippen molar-refractivity contribution in [3.8, 4) is 0 Å². The number of pyridine rings is 1. The van der Waals surface area contributed by atoms with Crippen molar-refractivity contribution in [3.05, 3.63) is 144 Å². The van der Waals surface area contributed by atoms with E-state index < -0.39 is 0 Å².